The Morgan fingerprint density at radius 1 is 1.11 bits per heavy atom. The van der Waals surface area contributed by atoms with Crippen LogP contribution in [0.15, 0.2) is 42.5 Å². The summed E-state index contributed by atoms with van der Waals surface area (Å²) in [5.74, 6) is -0.595. The molecule has 0 saturated heterocycles. The molecule has 0 spiro atoms. The van der Waals surface area contributed by atoms with Gasteiger partial charge in [-0.3, -0.25) is 13.9 Å². The Morgan fingerprint density at radius 3 is 2.37 bits per heavy atom. The van der Waals surface area contributed by atoms with E-state index >= 15 is 0 Å². The normalized spacial score (nSPS) is 11.1. The predicted molar refractivity (Wildman–Crippen MR) is 108 cm³/mol. The van der Waals surface area contributed by atoms with Gasteiger partial charge >= 0.3 is 0 Å². The summed E-state index contributed by atoms with van der Waals surface area (Å²) in [5, 5.41) is 2.67. The Morgan fingerprint density at radius 2 is 1.78 bits per heavy atom. The summed E-state index contributed by atoms with van der Waals surface area (Å²) in [6.07, 6.45) is 1.73. The van der Waals surface area contributed by atoms with Crippen molar-refractivity contribution in [2.45, 2.75) is 27.2 Å². The highest BCUT2D eigenvalue weighted by Crippen LogP contribution is 2.27. The van der Waals surface area contributed by atoms with Crippen molar-refractivity contribution in [1.82, 2.24) is 0 Å². The number of aryl methyl sites for hydroxylation is 2. The number of nitrogens with zero attached hydrogens (tertiary/aromatic N) is 1. The third-order valence-corrected chi connectivity index (χ3v) is 5.30. The number of anilines is 2. The molecule has 0 aliphatic rings. The summed E-state index contributed by atoms with van der Waals surface area (Å²) in [6.45, 7) is 4.85. The Hall–Kier alpha value is -2.67. The smallest absolute Gasteiger partial charge is 0.245 e. The third kappa shape index (κ3) is 5.17. The average Bonchev–Trinajstić information content (AvgIpc) is 2.59. The molecule has 1 amide bonds. The van der Waals surface area contributed by atoms with Gasteiger partial charge in [0.25, 0.3) is 0 Å². The van der Waals surface area contributed by atoms with Crippen LogP contribution in [-0.4, -0.2) is 32.9 Å². The molecule has 0 radical (unpaired) electrons. The summed E-state index contributed by atoms with van der Waals surface area (Å²) in [5.41, 5.74) is 3.09. The fraction of sp³-hybridized carbons (Fsp3) is 0.300. The summed E-state index contributed by atoms with van der Waals surface area (Å²) < 4.78 is 25.9. The van der Waals surface area contributed by atoms with Crippen molar-refractivity contribution in [3.63, 3.8) is 0 Å². The Balaban J connectivity index is 2.32. The van der Waals surface area contributed by atoms with Crippen LogP contribution in [0, 0.1) is 6.92 Å². The molecule has 6 nitrogen and oxygen atoms in total. The van der Waals surface area contributed by atoms with Crippen LogP contribution in [0.2, 0.25) is 0 Å². The molecule has 0 fully saturated rings. The molecule has 0 bridgehead atoms. The van der Waals surface area contributed by atoms with Crippen molar-refractivity contribution < 1.29 is 18.0 Å². The standard InChI is InChI=1S/C20H24N2O4S/c1-5-16-9-6-8-14(2)20(16)22(27(4,25)26)13-19(24)21-18-11-7-10-17(12-18)15(3)23/h6-12H,5,13H2,1-4H3,(H,21,24). The van der Waals surface area contributed by atoms with E-state index in [1.54, 1.807) is 24.3 Å². The second-order valence-corrected chi connectivity index (χ2v) is 8.30. The van der Waals surface area contributed by atoms with E-state index in [-0.39, 0.29) is 12.3 Å². The molecule has 0 atom stereocenters. The molecule has 27 heavy (non-hydrogen) atoms. The van der Waals surface area contributed by atoms with E-state index < -0.39 is 15.9 Å². The number of amides is 1. The second-order valence-electron chi connectivity index (χ2n) is 6.39. The molecule has 2 rings (SSSR count). The van der Waals surface area contributed by atoms with E-state index in [9.17, 15) is 18.0 Å². The van der Waals surface area contributed by atoms with Crippen molar-refractivity contribution >= 4 is 33.1 Å². The number of hydrogen-bond donors (Lipinski definition) is 1. The first kappa shape index (κ1) is 20.6. The molecule has 0 heterocycles. The molecular weight excluding hydrogens is 364 g/mol. The van der Waals surface area contributed by atoms with E-state index in [0.29, 0.717) is 23.4 Å². The van der Waals surface area contributed by atoms with Crippen molar-refractivity contribution in [1.29, 1.82) is 0 Å². The maximum Gasteiger partial charge on any atom is 0.245 e. The number of sulfonamides is 1. The number of Topliss-reactive ketones (excluding diaryl/α,β-unsaturated/α-hetero) is 1. The minimum absolute atomic E-state index is 0.114. The predicted octanol–water partition coefficient (Wildman–Crippen LogP) is 3.16. The van der Waals surface area contributed by atoms with Crippen LogP contribution < -0.4 is 9.62 Å². The molecular formula is C20H24N2O4S. The van der Waals surface area contributed by atoms with Crippen LogP contribution in [0.5, 0.6) is 0 Å². The molecule has 1 N–H and O–H groups in total. The van der Waals surface area contributed by atoms with Gasteiger partial charge in [-0.2, -0.15) is 0 Å². The van der Waals surface area contributed by atoms with Crippen LogP contribution in [0.25, 0.3) is 0 Å². The van der Waals surface area contributed by atoms with Crippen molar-refractivity contribution in [3.8, 4) is 0 Å². The molecule has 0 unspecified atom stereocenters. The lowest BCUT2D eigenvalue weighted by atomic mass is 10.1. The molecule has 0 aliphatic carbocycles. The first-order chi connectivity index (χ1) is 12.6. The monoisotopic (exact) mass is 388 g/mol. The van der Waals surface area contributed by atoms with Gasteiger partial charge in [0.15, 0.2) is 5.78 Å². The maximum atomic E-state index is 12.5. The van der Waals surface area contributed by atoms with Gasteiger partial charge in [0, 0.05) is 11.3 Å². The van der Waals surface area contributed by atoms with Crippen LogP contribution >= 0.6 is 0 Å². The Labute approximate surface area is 160 Å². The van der Waals surface area contributed by atoms with Gasteiger partial charge in [0.1, 0.15) is 6.54 Å². The lowest BCUT2D eigenvalue weighted by Gasteiger charge is -2.26. The number of carbonyl (C=O) groups excluding carboxylic acids is 2. The van der Waals surface area contributed by atoms with Crippen molar-refractivity contribution in [3.05, 3.63) is 59.2 Å². The van der Waals surface area contributed by atoms with Crippen molar-refractivity contribution in [2.75, 3.05) is 22.4 Å². The maximum absolute atomic E-state index is 12.5. The van der Waals surface area contributed by atoms with Crippen molar-refractivity contribution in [2.24, 2.45) is 0 Å². The molecule has 7 heteroatoms. The summed E-state index contributed by atoms with van der Waals surface area (Å²) in [4.78, 5) is 24.0. The fourth-order valence-corrected chi connectivity index (χ4v) is 3.82. The number of ketones is 1. The highest BCUT2D eigenvalue weighted by molar-refractivity contribution is 7.92. The van der Waals surface area contributed by atoms with Gasteiger partial charge in [-0.1, -0.05) is 37.3 Å². The van der Waals surface area contributed by atoms with Gasteiger partial charge in [-0.25, -0.2) is 8.42 Å². The van der Waals surface area contributed by atoms with Crippen LogP contribution in [0.1, 0.15) is 35.3 Å². The minimum Gasteiger partial charge on any atom is -0.324 e. The van der Waals surface area contributed by atoms with E-state index in [2.05, 4.69) is 5.32 Å². The summed E-state index contributed by atoms with van der Waals surface area (Å²) >= 11 is 0. The van der Waals surface area contributed by atoms with Crippen LogP contribution in [-0.2, 0) is 21.2 Å². The van der Waals surface area contributed by atoms with E-state index in [4.69, 9.17) is 0 Å². The van der Waals surface area contributed by atoms with Gasteiger partial charge in [-0.05, 0) is 43.5 Å². The summed E-state index contributed by atoms with van der Waals surface area (Å²) in [7, 11) is -3.66. The highest BCUT2D eigenvalue weighted by atomic mass is 32.2. The van der Waals surface area contributed by atoms with Gasteiger partial charge in [0.2, 0.25) is 15.9 Å². The van der Waals surface area contributed by atoms with E-state index in [1.165, 1.54) is 6.92 Å². The zero-order valence-corrected chi connectivity index (χ0v) is 16.8. The number of hydrogen-bond acceptors (Lipinski definition) is 4. The first-order valence-corrected chi connectivity index (χ1v) is 10.5. The van der Waals surface area contributed by atoms with E-state index in [1.807, 2.05) is 32.0 Å². The zero-order chi connectivity index (χ0) is 20.2. The SMILES string of the molecule is CCc1cccc(C)c1N(CC(=O)Nc1cccc(C(C)=O)c1)S(C)(=O)=O. The summed E-state index contributed by atoms with van der Waals surface area (Å²) in [6, 6.07) is 12.1. The Kier molecular flexibility index (Phi) is 6.38. The van der Waals surface area contributed by atoms with E-state index in [0.717, 1.165) is 21.7 Å². The number of rotatable bonds is 7. The fourth-order valence-electron chi connectivity index (χ4n) is 2.87. The first-order valence-electron chi connectivity index (χ1n) is 8.60. The molecule has 0 aliphatic heterocycles. The Bertz CT molecular complexity index is 968. The zero-order valence-electron chi connectivity index (χ0n) is 15.9. The minimum atomic E-state index is -3.66. The molecule has 0 saturated carbocycles. The molecule has 144 valence electrons. The largest absolute Gasteiger partial charge is 0.324 e. The molecule has 0 aromatic heterocycles. The average molecular weight is 388 g/mol. The quantitative estimate of drug-likeness (QED) is 0.739. The number of carbonyl (C=O) groups is 2. The molecule has 2 aromatic rings. The van der Waals surface area contributed by atoms with Gasteiger partial charge < -0.3 is 5.32 Å². The lowest BCUT2D eigenvalue weighted by Crippen LogP contribution is -2.38. The lowest BCUT2D eigenvalue weighted by molar-refractivity contribution is -0.114. The highest BCUT2D eigenvalue weighted by Gasteiger charge is 2.24. The third-order valence-electron chi connectivity index (χ3n) is 4.19. The van der Waals surface area contributed by atoms with Crippen LogP contribution in [0.4, 0.5) is 11.4 Å². The number of para-hydroxylation sites is 1. The molecule has 2 aromatic carbocycles. The van der Waals surface area contributed by atoms with Crippen LogP contribution in [0.3, 0.4) is 0 Å². The topological polar surface area (TPSA) is 83.6 Å². The van der Waals surface area contributed by atoms with Gasteiger partial charge in [-0.15, -0.1) is 0 Å². The second kappa shape index (κ2) is 8.35. The number of benzene rings is 2. The van der Waals surface area contributed by atoms with Gasteiger partial charge in [0.05, 0.1) is 11.9 Å². The number of nitrogens with one attached hydrogen (secondary N) is 1.